The van der Waals surface area contributed by atoms with Gasteiger partial charge in [0.25, 0.3) is 0 Å². The average molecular weight is 295 g/mol. The zero-order chi connectivity index (χ0) is 14.6. The fraction of sp³-hybridized carbons (Fsp3) is 0.706. The van der Waals surface area contributed by atoms with E-state index in [0.717, 1.165) is 18.2 Å². The van der Waals surface area contributed by atoms with Crippen LogP contribution in [0.25, 0.3) is 0 Å². The van der Waals surface area contributed by atoms with Crippen LogP contribution in [-0.2, 0) is 6.54 Å². The van der Waals surface area contributed by atoms with Gasteiger partial charge in [-0.15, -0.1) is 0 Å². The fourth-order valence-corrected chi connectivity index (χ4v) is 3.24. The molecule has 1 N–H and O–H groups in total. The highest BCUT2D eigenvalue weighted by Crippen LogP contribution is 2.40. The summed E-state index contributed by atoms with van der Waals surface area (Å²) in [7, 11) is 0. The van der Waals surface area contributed by atoms with Crippen LogP contribution in [-0.4, -0.2) is 11.0 Å². The minimum Gasteiger partial charge on any atom is -0.308 e. The molecule has 112 valence electrons. The molecule has 2 rings (SSSR count). The monoisotopic (exact) mass is 294 g/mol. The maximum absolute atomic E-state index is 5.85. The first-order valence-corrected chi connectivity index (χ1v) is 8.23. The van der Waals surface area contributed by atoms with Crippen molar-refractivity contribution in [1.82, 2.24) is 10.3 Å². The van der Waals surface area contributed by atoms with Gasteiger partial charge in [-0.1, -0.05) is 38.8 Å². The van der Waals surface area contributed by atoms with Gasteiger partial charge in [-0.2, -0.15) is 0 Å². The molecule has 0 saturated heterocycles. The Kier molecular flexibility index (Phi) is 5.45. The Hall–Kier alpha value is -0.600. The summed E-state index contributed by atoms with van der Waals surface area (Å²) in [6.07, 6.45) is 8.30. The molecular formula is C17H27ClN2. The van der Waals surface area contributed by atoms with Crippen molar-refractivity contribution in [3.63, 3.8) is 0 Å². The molecule has 20 heavy (non-hydrogen) atoms. The number of aromatic nitrogens is 1. The van der Waals surface area contributed by atoms with Crippen LogP contribution in [0.3, 0.4) is 0 Å². The van der Waals surface area contributed by atoms with Crippen molar-refractivity contribution in [1.29, 1.82) is 0 Å². The van der Waals surface area contributed by atoms with Crippen molar-refractivity contribution in [2.45, 2.75) is 65.5 Å². The van der Waals surface area contributed by atoms with Gasteiger partial charge in [-0.25, -0.2) is 0 Å². The van der Waals surface area contributed by atoms with Gasteiger partial charge in [0.1, 0.15) is 0 Å². The predicted molar refractivity (Wildman–Crippen MR) is 85.9 cm³/mol. The molecule has 1 heterocycles. The first-order chi connectivity index (χ1) is 9.51. The normalized spacial score (nSPS) is 23.8. The Balaban J connectivity index is 1.76. The van der Waals surface area contributed by atoms with Gasteiger partial charge in [0.15, 0.2) is 0 Å². The van der Waals surface area contributed by atoms with E-state index >= 15 is 0 Å². The number of halogens is 1. The highest BCUT2D eigenvalue weighted by Gasteiger charge is 2.31. The molecule has 1 fully saturated rings. The highest BCUT2D eigenvalue weighted by atomic mass is 35.5. The van der Waals surface area contributed by atoms with Gasteiger partial charge in [0.05, 0.1) is 10.7 Å². The molecule has 0 spiro atoms. The molecule has 1 saturated carbocycles. The molecule has 1 aromatic heterocycles. The Bertz CT molecular complexity index is 406. The van der Waals surface area contributed by atoms with Crippen LogP contribution in [0.5, 0.6) is 0 Å². The quantitative estimate of drug-likeness (QED) is 0.842. The molecule has 0 amide bonds. The van der Waals surface area contributed by atoms with Crippen molar-refractivity contribution in [3.8, 4) is 0 Å². The zero-order valence-corrected chi connectivity index (χ0v) is 13.7. The molecule has 1 aliphatic carbocycles. The number of pyridine rings is 1. The largest absolute Gasteiger partial charge is 0.308 e. The second-order valence-electron chi connectivity index (χ2n) is 6.74. The van der Waals surface area contributed by atoms with Gasteiger partial charge in [-0.05, 0) is 49.1 Å². The maximum Gasteiger partial charge on any atom is 0.0589 e. The van der Waals surface area contributed by atoms with E-state index in [4.69, 9.17) is 11.6 Å². The van der Waals surface area contributed by atoms with E-state index in [-0.39, 0.29) is 0 Å². The third-order valence-electron chi connectivity index (χ3n) is 5.10. The SMILES string of the molecule is CCC(C)(C)C1CCC(NCc2ccc(Cl)cn2)CC1. The first kappa shape index (κ1) is 15.8. The summed E-state index contributed by atoms with van der Waals surface area (Å²) in [6.45, 7) is 8.01. The molecule has 0 bridgehead atoms. The van der Waals surface area contributed by atoms with Crippen molar-refractivity contribution in [2.75, 3.05) is 0 Å². The summed E-state index contributed by atoms with van der Waals surface area (Å²) in [4.78, 5) is 4.34. The Morgan fingerprint density at radius 3 is 2.50 bits per heavy atom. The molecule has 0 aromatic carbocycles. The molecule has 1 aromatic rings. The van der Waals surface area contributed by atoms with E-state index in [1.54, 1.807) is 6.20 Å². The van der Waals surface area contributed by atoms with Crippen molar-refractivity contribution < 1.29 is 0 Å². The number of nitrogens with zero attached hydrogens (tertiary/aromatic N) is 1. The van der Waals surface area contributed by atoms with Crippen LogP contribution >= 0.6 is 11.6 Å². The van der Waals surface area contributed by atoms with Crippen molar-refractivity contribution in [2.24, 2.45) is 11.3 Å². The number of hydrogen-bond donors (Lipinski definition) is 1. The minimum absolute atomic E-state index is 0.503. The van der Waals surface area contributed by atoms with Crippen LogP contribution in [0.4, 0.5) is 0 Å². The smallest absolute Gasteiger partial charge is 0.0589 e. The van der Waals surface area contributed by atoms with Crippen LogP contribution in [0.1, 0.15) is 58.6 Å². The Morgan fingerprint density at radius 1 is 1.25 bits per heavy atom. The van der Waals surface area contributed by atoms with Gasteiger partial charge in [0.2, 0.25) is 0 Å². The lowest BCUT2D eigenvalue weighted by molar-refractivity contribution is 0.136. The van der Waals surface area contributed by atoms with Gasteiger partial charge < -0.3 is 5.32 Å². The lowest BCUT2D eigenvalue weighted by Crippen LogP contribution is -2.36. The fourth-order valence-electron chi connectivity index (χ4n) is 3.13. The lowest BCUT2D eigenvalue weighted by atomic mass is 9.69. The zero-order valence-electron chi connectivity index (χ0n) is 13.0. The highest BCUT2D eigenvalue weighted by molar-refractivity contribution is 6.30. The molecule has 0 radical (unpaired) electrons. The first-order valence-electron chi connectivity index (χ1n) is 7.85. The predicted octanol–water partition coefficient (Wildman–Crippen LogP) is 4.82. The lowest BCUT2D eigenvalue weighted by Gasteiger charge is -2.39. The van der Waals surface area contributed by atoms with Gasteiger partial charge in [0, 0.05) is 18.8 Å². The molecule has 0 atom stereocenters. The Morgan fingerprint density at radius 2 is 1.95 bits per heavy atom. The maximum atomic E-state index is 5.85. The summed E-state index contributed by atoms with van der Waals surface area (Å²) < 4.78 is 0. The van der Waals surface area contributed by atoms with Crippen LogP contribution < -0.4 is 5.32 Å². The molecular weight excluding hydrogens is 268 g/mol. The minimum atomic E-state index is 0.503. The molecule has 3 heteroatoms. The number of hydrogen-bond acceptors (Lipinski definition) is 2. The molecule has 2 nitrogen and oxygen atoms in total. The molecule has 1 aliphatic rings. The third kappa shape index (κ3) is 4.20. The van der Waals surface area contributed by atoms with Crippen molar-refractivity contribution >= 4 is 11.6 Å². The third-order valence-corrected chi connectivity index (χ3v) is 5.33. The standard InChI is InChI=1S/C17H27ClN2/c1-4-17(2,3)13-5-8-15(9-6-13)20-12-16-10-7-14(18)11-19-16/h7,10-11,13,15,20H,4-6,8-9,12H2,1-3H3. The van der Waals surface area contributed by atoms with E-state index in [1.807, 2.05) is 12.1 Å². The van der Waals surface area contributed by atoms with E-state index in [0.29, 0.717) is 16.5 Å². The average Bonchev–Trinajstić information content (AvgIpc) is 2.47. The number of nitrogens with one attached hydrogen (secondary N) is 1. The van der Waals surface area contributed by atoms with E-state index < -0.39 is 0 Å². The summed E-state index contributed by atoms with van der Waals surface area (Å²) in [5.41, 5.74) is 1.58. The van der Waals surface area contributed by atoms with E-state index in [1.165, 1.54) is 32.1 Å². The Labute approximate surface area is 128 Å². The molecule has 0 unspecified atom stereocenters. The second kappa shape index (κ2) is 6.91. The van der Waals surface area contributed by atoms with Gasteiger partial charge >= 0.3 is 0 Å². The summed E-state index contributed by atoms with van der Waals surface area (Å²) in [5.74, 6) is 0.888. The summed E-state index contributed by atoms with van der Waals surface area (Å²) in [5, 5.41) is 4.35. The second-order valence-corrected chi connectivity index (χ2v) is 7.18. The molecule has 0 aliphatic heterocycles. The van der Waals surface area contributed by atoms with Crippen molar-refractivity contribution in [3.05, 3.63) is 29.0 Å². The summed E-state index contributed by atoms with van der Waals surface area (Å²) >= 11 is 5.85. The summed E-state index contributed by atoms with van der Waals surface area (Å²) in [6, 6.07) is 4.56. The van der Waals surface area contributed by atoms with Crippen LogP contribution in [0, 0.1) is 11.3 Å². The topological polar surface area (TPSA) is 24.9 Å². The van der Waals surface area contributed by atoms with Crippen LogP contribution in [0.15, 0.2) is 18.3 Å². The number of rotatable bonds is 5. The van der Waals surface area contributed by atoms with E-state index in [9.17, 15) is 0 Å². The van der Waals surface area contributed by atoms with E-state index in [2.05, 4.69) is 31.1 Å². The van der Waals surface area contributed by atoms with Gasteiger partial charge in [-0.3, -0.25) is 4.98 Å². The van der Waals surface area contributed by atoms with Crippen LogP contribution in [0.2, 0.25) is 5.02 Å².